The number of fused-ring (bicyclic) bond motifs is 5. The molecule has 6 nitrogen and oxygen atoms in total. The van der Waals surface area contributed by atoms with Crippen LogP contribution in [-0.4, -0.2) is 41.4 Å². The minimum Gasteiger partial charge on any atom is -0.481 e. The number of aliphatic hydroxyl groups excluding tert-OH is 1. The molecular formula is C21H18F4N2O4. The maximum atomic E-state index is 13.6. The highest BCUT2D eigenvalue weighted by Gasteiger charge is 2.87. The summed E-state index contributed by atoms with van der Waals surface area (Å²) >= 11 is 0. The highest BCUT2D eigenvalue weighted by molar-refractivity contribution is 6.01. The Labute approximate surface area is 174 Å². The van der Waals surface area contributed by atoms with E-state index in [0.29, 0.717) is 30.0 Å². The van der Waals surface area contributed by atoms with Gasteiger partial charge in [0, 0.05) is 29.8 Å². The van der Waals surface area contributed by atoms with Crippen molar-refractivity contribution >= 4 is 11.6 Å². The van der Waals surface area contributed by atoms with E-state index in [9.17, 15) is 27.5 Å². The topological polar surface area (TPSA) is 80.7 Å². The Hall–Kier alpha value is -2.72. The molecule has 2 bridgehead atoms. The van der Waals surface area contributed by atoms with E-state index in [1.165, 1.54) is 13.3 Å². The van der Waals surface area contributed by atoms with Crippen LogP contribution in [0.3, 0.4) is 0 Å². The summed E-state index contributed by atoms with van der Waals surface area (Å²) in [6.45, 7) is 0. The van der Waals surface area contributed by atoms with Crippen LogP contribution in [0.1, 0.15) is 24.0 Å². The summed E-state index contributed by atoms with van der Waals surface area (Å²) in [6, 6.07) is 5.72. The lowest BCUT2D eigenvalue weighted by atomic mass is 9.74. The third-order valence-corrected chi connectivity index (χ3v) is 6.77. The van der Waals surface area contributed by atoms with E-state index in [1.54, 1.807) is 12.1 Å². The van der Waals surface area contributed by atoms with Gasteiger partial charge >= 0.3 is 6.18 Å². The van der Waals surface area contributed by atoms with Crippen LogP contribution >= 0.6 is 0 Å². The highest BCUT2D eigenvalue weighted by atomic mass is 19.4. The van der Waals surface area contributed by atoms with Gasteiger partial charge in [-0.2, -0.15) is 13.2 Å². The summed E-state index contributed by atoms with van der Waals surface area (Å²) in [4.78, 5) is 17.4. The molecule has 1 aliphatic carbocycles. The minimum absolute atomic E-state index is 0.162. The van der Waals surface area contributed by atoms with Crippen molar-refractivity contribution in [2.45, 2.75) is 42.7 Å². The molecule has 5 atom stereocenters. The third kappa shape index (κ3) is 2.64. The average Bonchev–Trinajstić information content (AvgIpc) is 3.22. The van der Waals surface area contributed by atoms with Gasteiger partial charge in [0.25, 0.3) is 0 Å². The van der Waals surface area contributed by atoms with Crippen molar-refractivity contribution in [1.82, 2.24) is 4.98 Å². The molecule has 3 aliphatic rings. The normalized spacial score (nSPS) is 33.2. The molecule has 10 heteroatoms. The Balaban J connectivity index is 1.51. The van der Waals surface area contributed by atoms with Crippen LogP contribution in [0.2, 0.25) is 0 Å². The Bertz CT molecular complexity index is 1080. The lowest BCUT2D eigenvalue weighted by molar-refractivity contribution is -0.140. The standard InChI is InChI=1S/C21H18F4N2O4/c1-30-16-6-10(4-5-26-16)19-9-20(19,15-8-14(28)17(19)31-15)18(29)27-11-2-3-13(22)12(7-11)21(23,24)25/h2-7,14-15,17,28H,8-9H2,1H3,(H,27,29)/t14-,15+,17-,19+,20+/m0/s1. The maximum absolute atomic E-state index is 13.6. The molecule has 1 aromatic heterocycles. The second-order valence-corrected chi connectivity index (χ2v) is 8.20. The molecule has 31 heavy (non-hydrogen) atoms. The molecule has 2 aliphatic heterocycles. The number of methoxy groups -OCH3 is 1. The summed E-state index contributed by atoms with van der Waals surface area (Å²) in [5.74, 6) is -1.61. The summed E-state index contributed by atoms with van der Waals surface area (Å²) in [5.41, 5.74) is -2.82. The van der Waals surface area contributed by atoms with E-state index in [4.69, 9.17) is 9.47 Å². The molecule has 1 amide bonds. The zero-order chi connectivity index (χ0) is 22.2. The number of pyridine rings is 1. The quantitative estimate of drug-likeness (QED) is 0.718. The van der Waals surface area contributed by atoms with Crippen LogP contribution in [0.4, 0.5) is 23.2 Å². The fourth-order valence-electron chi connectivity index (χ4n) is 5.39. The Morgan fingerprint density at radius 2 is 2.10 bits per heavy atom. The molecule has 0 spiro atoms. The van der Waals surface area contributed by atoms with Gasteiger partial charge in [-0.05, 0) is 36.2 Å². The van der Waals surface area contributed by atoms with Crippen LogP contribution in [0.5, 0.6) is 5.88 Å². The summed E-state index contributed by atoms with van der Waals surface area (Å²) in [6.07, 6.45) is -4.74. The van der Waals surface area contributed by atoms with Crippen molar-refractivity contribution in [1.29, 1.82) is 0 Å². The number of nitrogens with one attached hydrogen (secondary N) is 1. The lowest BCUT2D eigenvalue weighted by Crippen LogP contribution is -2.44. The van der Waals surface area contributed by atoms with Crippen molar-refractivity contribution < 1.29 is 36.9 Å². The number of carbonyl (C=O) groups is 1. The van der Waals surface area contributed by atoms with Crippen LogP contribution in [0, 0.1) is 11.2 Å². The predicted octanol–water partition coefficient (Wildman–Crippen LogP) is 3.05. The summed E-state index contributed by atoms with van der Waals surface area (Å²) < 4.78 is 63.9. The van der Waals surface area contributed by atoms with Crippen LogP contribution in [-0.2, 0) is 21.1 Å². The number of ether oxygens (including phenoxy) is 2. The molecule has 3 fully saturated rings. The molecular weight excluding hydrogens is 420 g/mol. The number of alkyl halides is 3. The molecule has 2 N–H and O–H groups in total. The Kier molecular flexibility index (Phi) is 4.17. The number of benzene rings is 1. The predicted molar refractivity (Wildman–Crippen MR) is 98.8 cm³/mol. The number of rotatable bonds is 4. The van der Waals surface area contributed by atoms with Crippen LogP contribution < -0.4 is 10.1 Å². The SMILES string of the molecule is COc1cc([C@@]23C[C@]2(C(=O)Nc2ccc(F)c(C(F)(F)F)c2)[C@H]2C[C@H](O)[C@@H]3O2)ccn1. The molecule has 1 aromatic carbocycles. The monoisotopic (exact) mass is 438 g/mol. The molecule has 0 radical (unpaired) electrons. The van der Waals surface area contributed by atoms with Gasteiger partial charge in [0.1, 0.15) is 5.82 Å². The van der Waals surface area contributed by atoms with Gasteiger partial charge in [-0.15, -0.1) is 0 Å². The van der Waals surface area contributed by atoms with E-state index < -0.39 is 52.6 Å². The minimum atomic E-state index is -4.89. The molecule has 164 valence electrons. The summed E-state index contributed by atoms with van der Waals surface area (Å²) in [5, 5.41) is 13.0. The number of aromatic nitrogens is 1. The molecule has 3 heterocycles. The molecule has 2 aromatic rings. The molecule has 2 saturated heterocycles. The van der Waals surface area contributed by atoms with E-state index in [-0.39, 0.29) is 12.1 Å². The molecule has 5 rings (SSSR count). The van der Waals surface area contributed by atoms with Crippen molar-refractivity contribution in [3.05, 3.63) is 53.5 Å². The molecule has 0 unspecified atom stereocenters. The number of amides is 1. The first kappa shape index (κ1) is 20.2. The Morgan fingerprint density at radius 3 is 2.81 bits per heavy atom. The first-order valence-corrected chi connectivity index (χ1v) is 9.66. The van der Waals surface area contributed by atoms with Crippen LogP contribution in [0.15, 0.2) is 36.5 Å². The smallest absolute Gasteiger partial charge is 0.419 e. The van der Waals surface area contributed by atoms with Crippen molar-refractivity contribution in [3.63, 3.8) is 0 Å². The van der Waals surface area contributed by atoms with E-state index in [1.807, 2.05) is 0 Å². The fourth-order valence-corrected chi connectivity index (χ4v) is 5.39. The lowest BCUT2D eigenvalue weighted by Gasteiger charge is -2.29. The van der Waals surface area contributed by atoms with Crippen LogP contribution in [0.25, 0.3) is 0 Å². The number of hydrogen-bond acceptors (Lipinski definition) is 5. The van der Waals surface area contributed by atoms with Gasteiger partial charge < -0.3 is 19.9 Å². The summed E-state index contributed by atoms with van der Waals surface area (Å²) in [7, 11) is 1.45. The fraction of sp³-hybridized carbons (Fsp3) is 0.429. The first-order chi connectivity index (χ1) is 14.6. The van der Waals surface area contributed by atoms with Crippen molar-refractivity contribution in [2.24, 2.45) is 5.41 Å². The van der Waals surface area contributed by atoms with Gasteiger partial charge in [0.05, 0.1) is 36.4 Å². The first-order valence-electron chi connectivity index (χ1n) is 9.66. The number of hydrogen-bond donors (Lipinski definition) is 2. The zero-order valence-electron chi connectivity index (χ0n) is 16.2. The molecule has 1 saturated carbocycles. The van der Waals surface area contributed by atoms with Crippen molar-refractivity contribution in [2.75, 3.05) is 12.4 Å². The van der Waals surface area contributed by atoms with E-state index >= 15 is 0 Å². The Morgan fingerprint density at radius 1 is 1.32 bits per heavy atom. The maximum Gasteiger partial charge on any atom is 0.419 e. The number of carbonyl (C=O) groups excluding carboxylic acids is 1. The van der Waals surface area contributed by atoms with E-state index in [2.05, 4.69) is 10.3 Å². The number of anilines is 1. The number of halogens is 4. The average molecular weight is 438 g/mol. The zero-order valence-corrected chi connectivity index (χ0v) is 16.2. The van der Waals surface area contributed by atoms with Gasteiger partial charge in [-0.25, -0.2) is 9.37 Å². The highest BCUT2D eigenvalue weighted by Crippen LogP contribution is 2.77. The third-order valence-electron chi connectivity index (χ3n) is 6.77. The van der Waals surface area contributed by atoms with Gasteiger partial charge in [-0.3, -0.25) is 4.79 Å². The second-order valence-electron chi connectivity index (χ2n) is 8.20. The second kappa shape index (κ2) is 6.39. The number of aliphatic hydroxyl groups is 1. The van der Waals surface area contributed by atoms with Crippen molar-refractivity contribution in [3.8, 4) is 5.88 Å². The number of nitrogens with zero attached hydrogens (tertiary/aromatic N) is 1. The van der Waals surface area contributed by atoms with Gasteiger partial charge in [-0.1, -0.05) is 0 Å². The van der Waals surface area contributed by atoms with E-state index in [0.717, 1.165) is 6.07 Å². The van der Waals surface area contributed by atoms with Gasteiger partial charge in [0.2, 0.25) is 11.8 Å². The largest absolute Gasteiger partial charge is 0.481 e. The van der Waals surface area contributed by atoms with Gasteiger partial charge in [0.15, 0.2) is 0 Å².